The average molecular weight is 645 g/mol. The molecule has 1 aliphatic rings. The van der Waals surface area contributed by atoms with Crippen molar-refractivity contribution >= 4 is 44.8 Å². The van der Waals surface area contributed by atoms with E-state index in [0.717, 1.165) is 0 Å². The van der Waals surface area contributed by atoms with E-state index in [1.807, 2.05) is 0 Å². The second-order valence-electron chi connectivity index (χ2n) is 15.8. The fraction of sp³-hybridized carbons (Fsp3) is 0.160. The summed E-state index contributed by atoms with van der Waals surface area (Å²) in [6, 6.07) is 54.5. The lowest BCUT2D eigenvalue weighted by molar-refractivity contribution is 0.590. The van der Waals surface area contributed by atoms with E-state index in [1.165, 1.54) is 87.6 Å². The van der Waals surface area contributed by atoms with Gasteiger partial charge in [0.2, 0.25) is 0 Å². The third-order valence-corrected chi connectivity index (χ3v) is 10.4. The third kappa shape index (κ3) is 5.50. The number of fused-ring (bicyclic) bond motifs is 4. The maximum absolute atomic E-state index is 2.34. The van der Waals surface area contributed by atoms with Crippen molar-refractivity contribution in [3.05, 3.63) is 201 Å². The highest BCUT2D eigenvalue weighted by atomic mass is 14.2. The molecule has 244 valence electrons. The quantitative estimate of drug-likeness (QED) is 0.164. The Morgan fingerprint density at radius 3 is 1.14 bits per heavy atom. The fourth-order valence-corrected chi connectivity index (χ4v) is 7.73. The van der Waals surface area contributed by atoms with Gasteiger partial charge in [0.25, 0.3) is 0 Å². The van der Waals surface area contributed by atoms with E-state index in [9.17, 15) is 0 Å². The molecule has 0 fully saturated rings. The normalized spacial score (nSPS) is 12.9. The summed E-state index contributed by atoms with van der Waals surface area (Å²) in [6.07, 6.45) is 4.54. The molecule has 8 rings (SSSR count). The minimum Gasteiger partial charge on any atom is -0.0616 e. The monoisotopic (exact) mass is 644 g/mol. The lowest BCUT2D eigenvalue weighted by Crippen LogP contribution is -2.21. The van der Waals surface area contributed by atoms with Crippen molar-refractivity contribution in [3.8, 4) is 0 Å². The van der Waals surface area contributed by atoms with Crippen molar-refractivity contribution in [2.75, 3.05) is 0 Å². The second-order valence-corrected chi connectivity index (χ2v) is 15.8. The summed E-state index contributed by atoms with van der Waals surface area (Å²) >= 11 is 0. The van der Waals surface area contributed by atoms with E-state index < -0.39 is 0 Å². The van der Waals surface area contributed by atoms with Crippen molar-refractivity contribution in [1.82, 2.24) is 0 Å². The topological polar surface area (TPSA) is 0 Å². The first kappa shape index (κ1) is 31.8. The molecule has 1 aliphatic carbocycles. The Balaban J connectivity index is 1.61. The standard InChI is InChI=1S/C50H44/c1-49(2,3)37-29-25-35(26-30-37)45(36-27-31-38(32-28-36)50(4,5)6)47-41-19-11-13-21-43(41)48(44-22-14-12-20-42(44)47)46-39-17-9-7-15-33(39)23-24-34-16-8-10-18-40(34)46/h7-32H,1-6H3. The summed E-state index contributed by atoms with van der Waals surface area (Å²) in [7, 11) is 0. The van der Waals surface area contributed by atoms with Crippen LogP contribution in [0.2, 0.25) is 0 Å². The number of rotatable bonds is 2. The summed E-state index contributed by atoms with van der Waals surface area (Å²) in [5.74, 6) is 0. The zero-order valence-corrected chi connectivity index (χ0v) is 30.0. The van der Waals surface area contributed by atoms with Crippen LogP contribution in [0.4, 0.5) is 0 Å². The second kappa shape index (κ2) is 12.1. The van der Waals surface area contributed by atoms with Gasteiger partial charge in [-0.2, -0.15) is 0 Å². The first-order valence-electron chi connectivity index (χ1n) is 17.9. The Hall–Kier alpha value is -5.46. The molecule has 0 amide bonds. The van der Waals surface area contributed by atoms with E-state index in [1.54, 1.807) is 0 Å². The summed E-state index contributed by atoms with van der Waals surface area (Å²) in [4.78, 5) is 0. The van der Waals surface area contributed by atoms with Crippen LogP contribution in [0.3, 0.4) is 0 Å². The summed E-state index contributed by atoms with van der Waals surface area (Å²) in [5.41, 5.74) is 12.8. The highest BCUT2D eigenvalue weighted by molar-refractivity contribution is 6.08. The van der Waals surface area contributed by atoms with Crippen molar-refractivity contribution in [2.24, 2.45) is 0 Å². The van der Waals surface area contributed by atoms with Crippen LogP contribution in [-0.4, -0.2) is 0 Å². The molecule has 0 N–H and O–H groups in total. The molecule has 0 unspecified atom stereocenters. The van der Waals surface area contributed by atoms with Gasteiger partial charge in [0, 0.05) is 0 Å². The minimum atomic E-state index is 0.0749. The van der Waals surface area contributed by atoms with Crippen LogP contribution in [0.15, 0.2) is 146 Å². The molecule has 0 atom stereocenters. The van der Waals surface area contributed by atoms with Crippen molar-refractivity contribution in [2.45, 2.75) is 52.4 Å². The highest BCUT2D eigenvalue weighted by Gasteiger charge is 2.21. The molecule has 50 heavy (non-hydrogen) atoms. The Morgan fingerprint density at radius 1 is 0.380 bits per heavy atom. The molecule has 7 aromatic carbocycles. The molecule has 0 bridgehead atoms. The van der Waals surface area contributed by atoms with E-state index >= 15 is 0 Å². The third-order valence-electron chi connectivity index (χ3n) is 10.4. The molecule has 0 radical (unpaired) electrons. The molecule has 0 saturated heterocycles. The van der Waals surface area contributed by atoms with Crippen molar-refractivity contribution in [3.63, 3.8) is 0 Å². The van der Waals surface area contributed by atoms with E-state index in [4.69, 9.17) is 0 Å². The largest absolute Gasteiger partial charge is 0.0616 e. The number of benzene rings is 7. The van der Waals surface area contributed by atoms with Gasteiger partial charge in [0.15, 0.2) is 0 Å². The molecule has 0 nitrogen and oxygen atoms in total. The number of hydrogen-bond acceptors (Lipinski definition) is 0. The lowest BCUT2D eigenvalue weighted by Gasteiger charge is -2.22. The SMILES string of the molecule is CC(C)(C)c1ccc(C(c2ccc(C(C)(C)C)cc2)=c2c3ccccc3c(=C3c4ccccc4C=Cc4ccccc43)c3ccccc23)cc1. The predicted octanol–water partition coefficient (Wildman–Crippen LogP) is 11.6. The van der Waals surface area contributed by atoms with Gasteiger partial charge in [0.05, 0.1) is 0 Å². The van der Waals surface area contributed by atoms with Gasteiger partial charge in [-0.25, -0.2) is 0 Å². The average Bonchev–Trinajstić information content (AvgIpc) is 3.28. The maximum Gasteiger partial charge on any atom is -0.00139 e. The summed E-state index contributed by atoms with van der Waals surface area (Å²) in [6.45, 7) is 13.7. The van der Waals surface area contributed by atoms with Gasteiger partial charge >= 0.3 is 0 Å². The summed E-state index contributed by atoms with van der Waals surface area (Å²) < 4.78 is 0. The molecule has 7 aromatic rings. The molecule has 0 aromatic heterocycles. The molecule has 0 heteroatoms. The molecule has 0 heterocycles. The predicted molar refractivity (Wildman–Crippen MR) is 216 cm³/mol. The van der Waals surface area contributed by atoms with Crippen LogP contribution in [0.25, 0.3) is 44.8 Å². The van der Waals surface area contributed by atoms with E-state index in [0.29, 0.717) is 0 Å². The van der Waals surface area contributed by atoms with Gasteiger partial charge < -0.3 is 0 Å². The van der Waals surface area contributed by atoms with Crippen molar-refractivity contribution in [1.29, 1.82) is 0 Å². The van der Waals surface area contributed by atoms with Gasteiger partial charge in [-0.05, 0) is 98.5 Å². The van der Waals surface area contributed by atoms with Crippen molar-refractivity contribution < 1.29 is 0 Å². The van der Waals surface area contributed by atoms with Gasteiger partial charge in [-0.15, -0.1) is 0 Å². The Bertz CT molecular complexity index is 2390. The minimum absolute atomic E-state index is 0.0749. The van der Waals surface area contributed by atoms with Crippen LogP contribution in [0, 0.1) is 0 Å². The van der Waals surface area contributed by atoms with Crippen LogP contribution in [0.5, 0.6) is 0 Å². The molecule has 0 spiro atoms. The Labute approximate surface area is 296 Å². The van der Waals surface area contributed by atoms with Gasteiger partial charge in [-0.3, -0.25) is 0 Å². The van der Waals surface area contributed by atoms with E-state index in [2.05, 4.69) is 199 Å². The zero-order chi connectivity index (χ0) is 34.6. The maximum atomic E-state index is 2.34. The van der Waals surface area contributed by atoms with Crippen LogP contribution in [-0.2, 0) is 10.8 Å². The zero-order valence-electron chi connectivity index (χ0n) is 30.0. The van der Waals surface area contributed by atoms with Crippen LogP contribution >= 0.6 is 0 Å². The lowest BCUT2D eigenvalue weighted by atomic mass is 9.82. The molecule has 0 aliphatic heterocycles. The van der Waals surface area contributed by atoms with Gasteiger partial charge in [0.1, 0.15) is 0 Å². The molecule has 0 saturated carbocycles. The highest BCUT2D eigenvalue weighted by Crippen LogP contribution is 2.35. The van der Waals surface area contributed by atoms with E-state index in [-0.39, 0.29) is 10.8 Å². The first-order valence-corrected chi connectivity index (χ1v) is 17.9. The fourth-order valence-electron chi connectivity index (χ4n) is 7.73. The first-order chi connectivity index (χ1) is 24.1. The summed E-state index contributed by atoms with van der Waals surface area (Å²) in [5, 5.41) is 7.61. The molecular formula is C50H44. The number of hydrogen-bond donors (Lipinski definition) is 0. The smallest absolute Gasteiger partial charge is 0.00139 e. The van der Waals surface area contributed by atoms with Crippen LogP contribution in [0.1, 0.15) is 86.1 Å². The Morgan fingerprint density at radius 2 is 0.740 bits per heavy atom. The Kier molecular flexibility index (Phi) is 7.72. The van der Waals surface area contributed by atoms with Gasteiger partial charge in [-0.1, -0.05) is 199 Å². The molecular weight excluding hydrogens is 601 g/mol. The van der Waals surface area contributed by atoms with Crippen LogP contribution < -0.4 is 10.4 Å².